The maximum absolute atomic E-state index is 12.4. The van der Waals surface area contributed by atoms with Gasteiger partial charge in [-0.15, -0.1) is 0 Å². The summed E-state index contributed by atoms with van der Waals surface area (Å²) in [5.41, 5.74) is 1.17. The van der Waals surface area contributed by atoms with Crippen LogP contribution in [0.2, 0.25) is 0 Å². The molecule has 1 spiro atoms. The first-order chi connectivity index (χ1) is 12.5. The standard InChI is InChI=1S/C20H30N4O2/c1-22(2)19(26)14-23-12-5-9-20(15-23)10-7-18(25)24(16-20)13-8-17-6-3-4-11-21-17/h3-4,6,11H,5,7-10,12-16H2,1-2H3/t20-/m0/s1. The van der Waals surface area contributed by atoms with Gasteiger partial charge in [-0.3, -0.25) is 19.5 Å². The zero-order valence-electron chi connectivity index (χ0n) is 16.0. The van der Waals surface area contributed by atoms with E-state index < -0.39 is 0 Å². The molecular weight excluding hydrogens is 328 g/mol. The summed E-state index contributed by atoms with van der Waals surface area (Å²) >= 11 is 0. The molecule has 2 aliphatic heterocycles. The average molecular weight is 358 g/mol. The monoisotopic (exact) mass is 358 g/mol. The van der Waals surface area contributed by atoms with Gasteiger partial charge in [0.25, 0.3) is 0 Å². The van der Waals surface area contributed by atoms with Gasteiger partial charge in [0.05, 0.1) is 6.54 Å². The topological polar surface area (TPSA) is 56.8 Å². The Morgan fingerprint density at radius 1 is 1.27 bits per heavy atom. The molecule has 1 aromatic heterocycles. The quantitative estimate of drug-likeness (QED) is 0.799. The van der Waals surface area contributed by atoms with Crippen LogP contribution in [0.5, 0.6) is 0 Å². The average Bonchev–Trinajstić information content (AvgIpc) is 2.64. The summed E-state index contributed by atoms with van der Waals surface area (Å²) in [5.74, 6) is 0.411. The lowest BCUT2D eigenvalue weighted by Crippen LogP contribution is -2.55. The van der Waals surface area contributed by atoms with Crippen molar-refractivity contribution < 1.29 is 9.59 Å². The van der Waals surface area contributed by atoms with Crippen molar-refractivity contribution in [3.8, 4) is 0 Å². The number of nitrogens with zero attached hydrogens (tertiary/aromatic N) is 4. The van der Waals surface area contributed by atoms with Gasteiger partial charge in [-0.05, 0) is 37.9 Å². The number of carbonyl (C=O) groups is 2. The van der Waals surface area contributed by atoms with Crippen LogP contribution in [-0.4, -0.2) is 78.3 Å². The molecule has 0 aliphatic carbocycles. The van der Waals surface area contributed by atoms with E-state index in [9.17, 15) is 9.59 Å². The Kier molecular flexibility index (Phi) is 5.91. The molecule has 0 saturated carbocycles. The molecule has 2 saturated heterocycles. The minimum absolute atomic E-state index is 0.142. The van der Waals surface area contributed by atoms with Crippen molar-refractivity contribution in [1.82, 2.24) is 19.7 Å². The normalized spacial score (nSPS) is 24.1. The molecule has 26 heavy (non-hydrogen) atoms. The highest BCUT2D eigenvalue weighted by Crippen LogP contribution is 2.38. The molecule has 0 radical (unpaired) electrons. The van der Waals surface area contributed by atoms with Gasteiger partial charge in [0.15, 0.2) is 0 Å². The summed E-state index contributed by atoms with van der Waals surface area (Å²) < 4.78 is 0. The lowest BCUT2D eigenvalue weighted by atomic mass is 9.73. The van der Waals surface area contributed by atoms with Crippen molar-refractivity contribution in [2.75, 3.05) is 46.8 Å². The van der Waals surface area contributed by atoms with Crippen molar-refractivity contribution in [1.29, 1.82) is 0 Å². The number of likely N-dealkylation sites (tertiary alicyclic amines) is 2. The summed E-state index contributed by atoms with van der Waals surface area (Å²) in [7, 11) is 3.61. The zero-order valence-corrected chi connectivity index (χ0v) is 16.0. The Labute approximate surface area is 156 Å². The third-order valence-corrected chi connectivity index (χ3v) is 5.71. The summed E-state index contributed by atoms with van der Waals surface area (Å²) in [5, 5.41) is 0. The van der Waals surface area contributed by atoms with E-state index in [2.05, 4.69) is 9.88 Å². The predicted molar refractivity (Wildman–Crippen MR) is 101 cm³/mol. The first kappa shape index (κ1) is 18.8. The Hall–Kier alpha value is -1.95. The van der Waals surface area contributed by atoms with E-state index in [-0.39, 0.29) is 17.2 Å². The van der Waals surface area contributed by atoms with Gasteiger partial charge < -0.3 is 9.80 Å². The maximum Gasteiger partial charge on any atom is 0.236 e. The fraction of sp³-hybridized carbons (Fsp3) is 0.650. The lowest BCUT2D eigenvalue weighted by molar-refractivity contribution is -0.140. The van der Waals surface area contributed by atoms with E-state index in [0.29, 0.717) is 13.0 Å². The fourth-order valence-corrected chi connectivity index (χ4v) is 4.21. The van der Waals surface area contributed by atoms with Crippen LogP contribution in [0.3, 0.4) is 0 Å². The van der Waals surface area contributed by atoms with Crippen LogP contribution in [-0.2, 0) is 16.0 Å². The molecule has 2 amide bonds. The molecule has 0 unspecified atom stereocenters. The first-order valence-corrected chi connectivity index (χ1v) is 9.58. The van der Waals surface area contributed by atoms with E-state index in [1.807, 2.05) is 23.1 Å². The second-order valence-electron chi connectivity index (χ2n) is 7.99. The van der Waals surface area contributed by atoms with Crippen molar-refractivity contribution in [3.63, 3.8) is 0 Å². The molecule has 3 heterocycles. The number of carbonyl (C=O) groups excluding carboxylic acids is 2. The number of likely N-dealkylation sites (N-methyl/N-ethyl adjacent to an activating group) is 1. The first-order valence-electron chi connectivity index (χ1n) is 9.58. The van der Waals surface area contributed by atoms with E-state index in [0.717, 1.165) is 57.6 Å². The van der Waals surface area contributed by atoms with Gasteiger partial charge in [-0.1, -0.05) is 6.07 Å². The minimum atomic E-state index is 0.142. The third kappa shape index (κ3) is 4.61. The number of aromatic nitrogens is 1. The maximum atomic E-state index is 12.4. The van der Waals surface area contributed by atoms with Crippen LogP contribution in [0.4, 0.5) is 0 Å². The van der Waals surface area contributed by atoms with Crippen LogP contribution in [0, 0.1) is 5.41 Å². The molecule has 1 atom stereocenters. The van der Waals surface area contributed by atoms with Gasteiger partial charge in [-0.2, -0.15) is 0 Å². The Morgan fingerprint density at radius 3 is 2.85 bits per heavy atom. The second-order valence-corrected chi connectivity index (χ2v) is 7.99. The van der Waals surface area contributed by atoms with Crippen molar-refractivity contribution >= 4 is 11.8 Å². The van der Waals surface area contributed by atoms with E-state index in [1.165, 1.54) is 0 Å². The highest BCUT2D eigenvalue weighted by Gasteiger charge is 2.41. The smallest absolute Gasteiger partial charge is 0.236 e. The van der Waals surface area contributed by atoms with Gasteiger partial charge in [-0.25, -0.2) is 0 Å². The van der Waals surface area contributed by atoms with E-state index in [1.54, 1.807) is 25.2 Å². The molecule has 0 aromatic carbocycles. The van der Waals surface area contributed by atoms with Crippen LogP contribution in [0.1, 0.15) is 31.4 Å². The number of hydrogen-bond donors (Lipinski definition) is 0. The van der Waals surface area contributed by atoms with Crippen LogP contribution in [0.25, 0.3) is 0 Å². The Balaban J connectivity index is 1.60. The SMILES string of the molecule is CN(C)C(=O)CN1CCC[C@]2(CCC(=O)N(CCc3ccccn3)C2)C1. The van der Waals surface area contributed by atoms with Crippen LogP contribution < -0.4 is 0 Å². The molecule has 0 bridgehead atoms. The summed E-state index contributed by atoms with van der Waals surface area (Å²) in [6, 6.07) is 5.91. The molecule has 142 valence electrons. The molecule has 2 aliphatic rings. The molecule has 3 rings (SSSR count). The highest BCUT2D eigenvalue weighted by atomic mass is 16.2. The molecule has 1 aromatic rings. The van der Waals surface area contributed by atoms with E-state index >= 15 is 0 Å². The number of hydrogen-bond acceptors (Lipinski definition) is 4. The minimum Gasteiger partial charge on any atom is -0.348 e. The predicted octanol–water partition coefficient (Wildman–Crippen LogP) is 1.42. The van der Waals surface area contributed by atoms with Crippen molar-refractivity contribution in [2.45, 2.75) is 32.1 Å². The molecule has 0 N–H and O–H groups in total. The second kappa shape index (κ2) is 8.16. The highest BCUT2D eigenvalue weighted by molar-refractivity contribution is 5.78. The number of rotatable bonds is 5. The van der Waals surface area contributed by atoms with Gasteiger partial charge in [0.1, 0.15) is 0 Å². The van der Waals surface area contributed by atoms with Crippen LogP contribution >= 0.6 is 0 Å². The Bertz CT molecular complexity index is 634. The zero-order chi connectivity index (χ0) is 18.6. The van der Waals surface area contributed by atoms with E-state index in [4.69, 9.17) is 0 Å². The molecule has 6 nitrogen and oxygen atoms in total. The van der Waals surface area contributed by atoms with Crippen molar-refractivity contribution in [2.24, 2.45) is 5.41 Å². The number of piperidine rings is 2. The van der Waals surface area contributed by atoms with Gasteiger partial charge in [0.2, 0.25) is 11.8 Å². The summed E-state index contributed by atoms with van der Waals surface area (Å²) in [4.78, 5) is 34.8. The fourth-order valence-electron chi connectivity index (χ4n) is 4.21. The van der Waals surface area contributed by atoms with Crippen molar-refractivity contribution in [3.05, 3.63) is 30.1 Å². The summed E-state index contributed by atoms with van der Waals surface area (Å²) in [6.45, 7) is 3.92. The number of pyridine rings is 1. The molecule has 2 fully saturated rings. The van der Waals surface area contributed by atoms with Gasteiger partial charge in [0, 0.05) is 63.9 Å². The Morgan fingerprint density at radius 2 is 2.12 bits per heavy atom. The van der Waals surface area contributed by atoms with Crippen LogP contribution in [0.15, 0.2) is 24.4 Å². The number of amides is 2. The lowest BCUT2D eigenvalue weighted by Gasteiger charge is -2.48. The molecular formula is C20H30N4O2. The third-order valence-electron chi connectivity index (χ3n) is 5.71. The molecule has 6 heteroatoms. The van der Waals surface area contributed by atoms with Gasteiger partial charge >= 0.3 is 0 Å². The largest absolute Gasteiger partial charge is 0.348 e. The summed E-state index contributed by atoms with van der Waals surface area (Å²) in [6.07, 6.45) is 6.41.